The Balaban J connectivity index is 2.22. The van der Waals surface area contributed by atoms with Crippen LogP contribution in [0.4, 0.5) is 4.39 Å². The number of hydrogen-bond acceptors (Lipinski definition) is 3. The zero-order chi connectivity index (χ0) is 15.4. The van der Waals surface area contributed by atoms with Crippen molar-refractivity contribution in [2.45, 2.75) is 6.61 Å². The molecule has 0 amide bonds. The van der Waals surface area contributed by atoms with Gasteiger partial charge in [0.2, 0.25) is 0 Å². The van der Waals surface area contributed by atoms with Gasteiger partial charge in [0, 0.05) is 5.56 Å². The topological polar surface area (TPSA) is 70.3 Å². The predicted molar refractivity (Wildman–Crippen MR) is 76.5 cm³/mol. The van der Waals surface area contributed by atoms with Gasteiger partial charge in [0.25, 0.3) is 0 Å². The molecule has 106 valence electrons. The first-order valence-corrected chi connectivity index (χ1v) is 6.64. The van der Waals surface area contributed by atoms with Crippen LogP contribution in [0, 0.1) is 17.1 Å². The van der Waals surface area contributed by atoms with Crippen molar-refractivity contribution in [3.8, 4) is 11.8 Å². The van der Waals surface area contributed by atoms with E-state index in [-0.39, 0.29) is 23.5 Å². The van der Waals surface area contributed by atoms with Crippen molar-refractivity contribution < 1.29 is 19.0 Å². The number of carboxylic acids is 1. The van der Waals surface area contributed by atoms with E-state index in [2.05, 4.69) is 15.9 Å². The summed E-state index contributed by atoms with van der Waals surface area (Å²) in [5, 5.41) is 17.7. The van der Waals surface area contributed by atoms with E-state index in [9.17, 15) is 9.18 Å². The van der Waals surface area contributed by atoms with Gasteiger partial charge in [-0.15, -0.1) is 0 Å². The Morgan fingerprint density at radius 2 is 2.10 bits per heavy atom. The maximum Gasteiger partial charge on any atom is 0.335 e. The number of rotatable bonds is 4. The highest BCUT2D eigenvalue weighted by atomic mass is 79.9. The SMILES string of the molecule is N#Cc1ccc(F)c(COc2cc(C(=O)O)ccc2Br)c1. The molecule has 0 aliphatic carbocycles. The first-order valence-electron chi connectivity index (χ1n) is 5.85. The van der Waals surface area contributed by atoms with Gasteiger partial charge >= 0.3 is 5.97 Å². The second kappa shape index (κ2) is 6.37. The smallest absolute Gasteiger partial charge is 0.335 e. The summed E-state index contributed by atoms with van der Waals surface area (Å²) in [6.45, 7) is -0.108. The van der Waals surface area contributed by atoms with Crippen LogP contribution in [0.2, 0.25) is 0 Å². The number of nitriles is 1. The second-order valence-electron chi connectivity index (χ2n) is 4.16. The lowest BCUT2D eigenvalue weighted by molar-refractivity contribution is 0.0696. The molecule has 6 heteroatoms. The van der Waals surface area contributed by atoms with Crippen LogP contribution < -0.4 is 4.74 Å². The molecule has 0 radical (unpaired) electrons. The molecule has 2 aromatic carbocycles. The average molecular weight is 350 g/mol. The van der Waals surface area contributed by atoms with Crippen molar-refractivity contribution in [2.75, 3.05) is 0 Å². The van der Waals surface area contributed by atoms with E-state index in [1.165, 1.54) is 30.3 Å². The van der Waals surface area contributed by atoms with E-state index < -0.39 is 11.8 Å². The van der Waals surface area contributed by atoms with Crippen molar-refractivity contribution in [1.29, 1.82) is 5.26 Å². The van der Waals surface area contributed by atoms with E-state index in [0.29, 0.717) is 10.0 Å². The van der Waals surface area contributed by atoms with Gasteiger partial charge in [0.05, 0.1) is 21.7 Å². The Kier molecular flexibility index (Phi) is 4.55. The molecule has 0 aliphatic rings. The third kappa shape index (κ3) is 3.58. The molecule has 21 heavy (non-hydrogen) atoms. The number of hydrogen-bond donors (Lipinski definition) is 1. The Morgan fingerprint density at radius 3 is 2.76 bits per heavy atom. The fourth-order valence-electron chi connectivity index (χ4n) is 1.66. The highest BCUT2D eigenvalue weighted by molar-refractivity contribution is 9.10. The third-order valence-corrected chi connectivity index (χ3v) is 3.39. The minimum Gasteiger partial charge on any atom is -0.488 e. The summed E-state index contributed by atoms with van der Waals surface area (Å²) in [4.78, 5) is 10.9. The molecule has 0 heterocycles. The lowest BCUT2D eigenvalue weighted by Crippen LogP contribution is -2.02. The number of ether oxygens (including phenoxy) is 1. The number of halogens is 2. The molecular weight excluding hydrogens is 341 g/mol. The molecule has 0 spiro atoms. The van der Waals surface area contributed by atoms with E-state index in [1.54, 1.807) is 6.07 Å². The molecule has 0 aromatic heterocycles. The van der Waals surface area contributed by atoms with Crippen LogP contribution in [-0.2, 0) is 6.61 Å². The number of carboxylic acid groups (broad SMARTS) is 1. The van der Waals surface area contributed by atoms with Crippen molar-refractivity contribution in [2.24, 2.45) is 0 Å². The van der Waals surface area contributed by atoms with Gasteiger partial charge in [0.1, 0.15) is 18.2 Å². The summed E-state index contributed by atoms with van der Waals surface area (Å²) in [5.74, 6) is -1.28. The zero-order valence-electron chi connectivity index (χ0n) is 10.6. The third-order valence-electron chi connectivity index (χ3n) is 2.74. The van der Waals surface area contributed by atoms with Crippen LogP contribution in [0.25, 0.3) is 0 Å². The predicted octanol–water partition coefficient (Wildman–Crippen LogP) is 3.74. The molecule has 0 unspecified atom stereocenters. The summed E-state index contributed by atoms with van der Waals surface area (Å²) < 4.78 is 19.6. The minimum absolute atomic E-state index is 0.0689. The minimum atomic E-state index is -1.08. The summed E-state index contributed by atoms with van der Waals surface area (Å²) in [5.41, 5.74) is 0.620. The zero-order valence-corrected chi connectivity index (χ0v) is 12.2. The molecule has 2 aromatic rings. The quantitative estimate of drug-likeness (QED) is 0.912. The molecule has 4 nitrogen and oxygen atoms in total. The van der Waals surface area contributed by atoms with Crippen LogP contribution >= 0.6 is 15.9 Å². The van der Waals surface area contributed by atoms with Crippen molar-refractivity contribution in [1.82, 2.24) is 0 Å². The van der Waals surface area contributed by atoms with E-state index >= 15 is 0 Å². The van der Waals surface area contributed by atoms with Gasteiger partial charge in [-0.05, 0) is 52.3 Å². The Bertz CT molecular complexity index is 740. The van der Waals surface area contributed by atoms with Crippen LogP contribution in [-0.4, -0.2) is 11.1 Å². The summed E-state index contributed by atoms with van der Waals surface area (Å²) in [6.07, 6.45) is 0. The average Bonchev–Trinajstić information content (AvgIpc) is 2.47. The number of nitrogens with zero attached hydrogens (tertiary/aromatic N) is 1. The first-order chi connectivity index (χ1) is 10.0. The van der Waals surface area contributed by atoms with Crippen molar-refractivity contribution >= 4 is 21.9 Å². The summed E-state index contributed by atoms with van der Waals surface area (Å²) in [6, 6.07) is 10.2. The highest BCUT2D eigenvalue weighted by Crippen LogP contribution is 2.27. The van der Waals surface area contributed by atoms with E-state index in [4.69, 9.17) is 15.1 Å². The van der Waals surface area contributed by atoms with Gasteiger partial charge < -0.3 is 9.84 Å². The van der Waals surface area contributed by atoms with Gasteiger partial charge in [-0.2, -0.15) is 5.26 Å². The fourth-order valence-corrected chi connectivity index (χ4v) is 2.02. The molecule has 0 saturated heterocycles. The first kappa shape index (κ1) is 15.0. The van der Waals surface area contributed by atoms with Crippen LogP contribution in [0.5, 0.6) is 5.75 Å². The molecule has 0 saturated carbocycles. The molecule has 1 N–H and O–H groups in total. The molecule has 0 bridgehead atoms. The Morgan fingerprint density at radius 1 is 1.33 bits per heavy atom. The van der Waals surface area contributed by atoms with Crippen molar-refractivity contribution in [3.63, 3.8) is 0 Å². The lowest BCUT2D eigenvalue weighted by Gasteiger charge is -2.10. The molecule has 0 aliphatic heterocycles. The molecule has 0 fully saturated rings. The number of benzene rings is 2. The van der Waals surface area contributed by atoms with E-state index in [0.717, 1.165) is 0 Å². The summed E-state index contributed by atoms with van der Waals surface area (Å²) in [7, 11) is 0. The molecular formula is C15H9BrFNO3. The summed E-state index contributed by atoms with van der Waals surface area (Å²) >= 11 is 3.24. The normalized spacial score (nSPS) is 9.95. The van der Waals surface area contributed by atoms with E-state index in [1.807, 2.05) is 6.07 Å². The Labute approximate surface area is 128 Å². The standard InChI is InChI=1S/C15H9BrFNO3/c16-12-3-2-10(15(19)20)6-14(12)21-8-11-5-9(7-18)1-4-13(11)17/h1-6H,8H2,(H,19,20). The molecule has 0 atom stereocenters. The molecule has 2 rings (SSSR count). The Hall–Kier alpha value is -2.39. The van der Waals surface area contributed by atoms with Gasteiger partial charge in [-0.3, -0.25) is 0 Å². The van der Waals surface area contributed by atoms with Crippen molar-refractivity contribution in [3.05, 3.63) is 63.4 Å². The van der Waals surface area contributed by atoms with Crippen LogP contribution in [0.1, 0.15) is 21.5 Å². The van der Waals surface area contributed by atoms with Crippen LogP contribution in [0.15, 0.2) is 40.9 Å². The maximum atomic E-state index is 13.6. The second-order valence-corrected chi connectivity index (χ2v) is 5.01. The monoisotopic (exact) mass is 349 g/mol. The lowest BCUT2D eigenvalue weighted by atomic mass is 10.1. The number of carbonyl (C=O) groups is 1. The van der Waals surface area contributed by atoms with Gasteiger partial charge in [0.15, 0.2) is 0 Å². The maximum absolute atomic E-state index is 13.6. The largest absolute Gasteiger partial charge is 0.488 e. The van der Waals surface area contributed by atoms with Gasteiger partial charge in [-0.25, -0.2) is 9.18 Å². The number of aromatic carboxylic acids is 1. The highest BCUT2D eigenvalue weighted by Gasteiger charge is 2.10. The van der Waals surface area contributed by atoms with Crippen LogP contribution in [0.3, 0.4) is 0 Å². The van der Waals surface area contributed by atoms with Gasteiger partial charge in [-0.1, -0.05) is 0 Å². The fraction of sp³-hybridized carbons (Fsp3) is 0.0667.